The van der Waals surface area contributed by atoms with Gasteiger partial charge in [0.15, 0.2) is 0 Å². The average Bonchev–Trinajstić information content (AvgIpc) is 2.20. The molecule has 0 bridgehead atoms. The van der Waals surface area contributed by atoms with Gasteiger partial charge in [-0.05, 0) is 34.5 Å². The van der Waals surface area contributed by atoms with Crippen LogP contribution in [0.25, 0.3) is 0 Å². The highest BCUT2D eigenvalue weighted by atomic mass is 79.9. The van der Waals surface area contributed by atoms with Crippen molar-refractivity contribution in [3.63, 3.8) is 0 Å². The third-order valence-corrected chi connectivity index (χ3v) is 2.95. The molecule has 0 fully saturated rings. The molecule has 1 rings (SSSR count). The quantitative estimate of drug-likeness (QED) is 0.879. The van der Waals surface area contributed by atoms with Crippen LogP contribution in [0.5, 0.6) is 0 Å². The standard InChI is InChI=1S/C11H12BrClFNO/c1-2-3-4-10(16)15-11-8(12)5-7(14)6-9(11)13/h5-6H,2-4H2,1H3,(H,15,16). The van der Waals surface area contributed by atoms with E-state index in [0.717, 1.165) is 12.8 Å². The predicted octanol–water partition coefficient (Wildman–Crippen LogP) is 4.37. The summed E-state index contributed by atoms with van der Waals surface area (Å²) in [7, 11) is 0. The van der Waals surface area contributed by atoms with Gasteiger partial charge in [0.1, 0.15) is 5.82 Å². The minimum atomic E-state index is -0.441. The van der Waals surface area contributed by atoms with Gasteiger partial charge < -0.3 is 5.32 Å². The van der Waals surface area contributed by atoms with Crippen molar-refractivity contribution in [3.05, 3.63) is 27.4 Å². The Bertz CT molecular complexity index is 375. The molecule has 5 heteroatoms. The van der Waals surface area contributed by atoms with E-state index in [2.05, 4.69) is 21.2 Å². The zero-order valence-corrected chi connectivity index (χ0v) is 11.2. The maximum atomic E-state index is 12.9. The van der Waals surface area contributed by atoms with Gasteiger partial charge in [0, 0.05) is 10.9 Å². The molecule has 0 unspecified atom stereocenters. The monoisotopic (exact) mass is 307 g/mol. The largest absolute Gasteiger partial charge is 0.324 e. The van der Waals surface area contributed by atoms with Crippen molar-refractivity contribution >= 4 is 39.1 Å². The number of hydrogen-bond donors (Lipinski definition) is 1. The van der Waals surface area contributed by atoms with Crippen LogP contribution >= 0.6 is 27.5 Å². The molecule has 0 aliphatic heterocycles. The maximum absolute atomic E-state index is 12.9. The van der Waals surface area contributed by atoms with Gasteiger partial charge in [0.2, 0.25) is 5.91 Å². The van der Waals surface area contributed by atoms with Crippen molar-refractivity contribution in [2.24, 2.45) is 0 Å². The van der Waals surface area contributed by atoms with Crippen molar-refractivity contribution in [3.8, 4) is 0 Å². The highest BCUT2D eigenvalue weighted by Gasteiger charge is 2.10. The van der Waals surface area contributed by atoms with Crippen LogP contribution in [-0.4, -0.2) is 5.91 Å². The topological polar surface area (TPSA) is 29.1 Å². The molecule has 16 heavy (non-hydrogen) atoms. The Labute approximate surface area is 107 Å². The number of halogens is 3. The molecule has 2 nitrogen and oxygen atoms in total. The fourth-order valence-electron chi connectivity index (χ4n) is 1.20. The molecular weight excluding hydrogens is 296 g/mol. The highest BCUT2D eigenvalue weighted by molar-refractivity contribution is 9.10. The number of rotatable bonds is 4. The summed E-state index contributed by atoms with van der Waals surface area (Å²) in [5.74, 6) is -0.556. The Kier molecular flexibility index (Phi) is 5.22. The first-order chi connectivity index (χ1) is 7.54. The first-order valence-corrected chi connectivity index (χ1v) is 6.16. The zero-order valence-electron chi connectivity index (χ0n) is 8.82. The van der Waals surface area contributed by atoms with E-state index in [1.165, 1.54) is 12.1 Å². The number of nitrogens with one attached hydrogen (secondary N) is 1. The van der Waals surface area contributed by atoms with Crippen LogP contribution in [0.3, 0.4) is 0 Å². The Hall–Kier alpha value is -0.610. The summed E-state index contributed by atoms with van der Waals surface area (Å²) in [6, 6.07) is 2.43. The highest BCUT2D eigenvalue weighted by Crippen LogP contribution is 2.31. The van der Waals surface area contributed by atoms with Gasteiger partial charge in [0.05, 0.1) is 10.7 Å². The maximum Gasteiger partial charge on any atom is 0.224 e. The summed E-state index contributed by atoms with van der Waals surface area (Å²) in [5, 5.41) is 2.85. The van der Waals surface area contributed by atoms with Gasteiger partial charge in [-0.2, -0.15) is 0 Å². The molecule has 1 aromatic rings. The van der Waals surface area contributed by atoms with Gasteiger partial charge >= 0.3 is 0 Å². The molecule has 0 radical (unpaired) electrons. The molecule has 0 atom stereocenters. The molecular formula is C11H12BrClFNO. The van der Waals surface area contributed by atoms with Crippen molar-refractivity contribution < 1.29 is 9.18 Å². The van der Waals surface area contributed by atoms with E-state index in [1.54, 1.807) is 0 Å². The van der Waals surface area contributed by atoms with Crippen LogP contribution in [0.1, 0.15) is 26.2 Å². The van der Waals surface area contributed by atoms with Crippen molar-refractivity contribution in [2.75, 3.05) is 5.32 Å². The minimum Gasteiger partial charge on any atom is -0.324 e. The van der Waals surface area contributed by atoms with Crippen LogP contribution < -0.4 is 5.32 Å². The van der Waals surface area contributed by atoms with Crippen LogP contribution in [0.4, 0.5) is 10.1 Å². The molecule has 0 aliphatic carbocycles. The summed E-state index contributed by atoms with van der Waals surface area (Å²) in [5.41, 5.74) is 0.421. The number of amides is 1. The number of hydrogen-bond acceptors (Lipinski definition) is 1. The lowest BCUT2D eigenvalue weighted by molar-refractivity contribution is -0.116. The van der Waals surface area contributed by atoms with E-state index in [-0.39, 0.29) is 10.9 Å². The molecule has 0 aromatic heterocycles. The SMILES string of the molecule is CCCCC(=O)Nc1c(Cl)cc(F)cc1Br. The van der Waals surface area contributed by atoms with E-state index in [4.69, 9.17) is 11.6 Å². The second kappa shape index (κ2) is 6.21. The van der Waals surface area contributed by atoms with Crippen LogP contribution in [-0.2, 0) is 4.79 Å². The Morgan fingerprint density at radius 2 is 2.25 bits per heavy atom. The molecule has 0 aliphatic rings. The summed E-state index contributed by atoms with van der Waals surface area (Å²) < 4.78 is 13.4. The third kappa shape index (κ3) is 3.76. The van der Waals surface area contributed by atoms with E-state index < -0.39 is 5.82 Å². The normalized spacial score (nSPS) is 10.2. The predicted molar refractivity (Wildman–Crippen MR) is 67.3 cm³/mol. The average molecular weight is 309 g/mol. The number of carbonyl (C=O) groups is 1. The van der Waals surface area contributed by atoms with Gasteiger partial charge in [-0.3, -0.25) is 4.79 Å². The van der Waals surface area contributed by atoms with Gasteiger partial charge in [-0.15, -0.1) is 0 Å². The number of unbranched alkanes of at least 4 members (excludes halogenated alkanes) is 1. The molecule has 0 saturated heterocycles. The summed E-state index contributed by atoms with van der Waals surface area (Å²) in [6.07, 6.45) is 2.21. The molecule has 1 aromatic carbocycles. The lowest BCUT2D eigenvalue weighted by Crippen LogP contribution is -2.11. The Balaban J connectivity index is 2.77. The smallest absolute Gasteiger partial charge is 0.224 e. The molecule has 1 N–H and O–H groups in total. The van der Waals surface area contributed by atoms with Crippen molar-refractivity contribution in [1.29, 1.82) is 0 Å². The van der Waals surface area contributed by atoms with Crippen LogP contribution in [0.2, 0.25) is 5.02 Å². The number of benzene rings is 1. The van der Waals surface area contributed by atoms with E-state index in [9.17, 15) is 9.18 Å². The first-order valence-electron chi connectivity index (χ1n) is 4.99. The zero-order chi connectivity index (χ0) is 12.1. The van der Waals surface area contributed by atoms with E-state index >= 15 is 0 Å². The molecule has 0 heterocycles. The van der Waals surface area contributed by atoms with Crippen LogP contribution in [0, 0.1) is 5.82 Å². The Morgan fingerprint density at radius 3 is 2.81 bits per heavy atom. The lowest BCUT2D eigenvalue weighted by atomic mass is 10.2. The second-order valence-electron chi connectivity index (χ2n) is 3.40. The third-order valence-electron chi connectivity index (χ3n) is 2.03. The van der Waals surface area contributed by atoms with Gasteiger partial charge in [-0.25, -0.2) is 4.39 Å². The summed E-state index contributed by atoms with van der Waals surface area (Å²) in [6.45, 7) is 2.01. The van der Waals surface area contributed by atoms with Gasteiger partial charge in [-0.1, -0.05) is 24.9 Å². The molecule has 1 amide bonds. The fraction of sp³-hybridized carbons (Fsp3) is 0.364. The molecule has 88 valence electrons. The number of carbonyl (C=O) groups excluding carboxylic acids is 1. The summed E-state index contributed by atoms with van der Waals surface area (Å²) >= 11 is 8.98. The van der Waals surface area contributed by atoms with Crippen molar-refractivity contribution in [1.82, 2.24) is 0 Å². The number of anilines is 1. The molecule has 0 spiro atoms. The first kappa shape index (κ1) is 13.5. The summed E-state index contributed by atoms with van der Waals surface area (Å²) in [4.78, 5) is 11.5. The van der Waals surface area contributed by atoms with Gasteiger partial charge in [0.25, 0.3) is 0 Å². The second-order valence-corrected chi connectivity index (χ2v) is 4.66. The lowest BCUT2D eigenvalue weighted by Gasteiger charge is -2.09. The molecule has 0 saturated carbocycles. The minimum absolute atomic E-state index is 0.115. The Morgan fingerprint density at radius 1 is 1.56 bits per heavy atom. The van der Waals surface area contributed by atoms with E-state index in [0.29, 0.717) is 16.6 Å². The van der Waals surface area contributed by atoms with E-state index in [1.807, 2.05) is 6.92 Å². The fourth-order valence-corrected chi connectivity index (χ4v) is 2.10. The van der Waals surface area contributed by atoms with Crippen molar-refractivity contribution in [2.45, 2.75) is 26.2 Å². The van der Waals surface area contributed by atoms with Crippen LogP contribution in [0.15, 0.2) is 16.6 Å².